The van der Waals surface area contributed by atoms with Crippen LogP contribution in [0.3, 0.4) is 0 Å². The Kier molecular flexibility index (Phi) is 4.87. The molecule has 27 heavy (non-hydrogen) atoms. The lowest BCUT2D eigenvalue weighted by molar-refractivity contribution is -0.119. The molecule has 1 aliphatic carbocycles. The Balaban J connectivity index is 1.96. The number of aromatic nitrogens is 2. The van der Waals surface area contributed by atoms with Gasteiger partial charge in [-0.3, -0.25) is 14.2 Å². The van der Waals surface area contributed by atoms with Crippen LogP contribution < -0.4 is 5.56 Å². The average molecular weight is 378 g/mol. The van der Waals surface area contributed by atoms with E-state index in [1.165, 1.54) is 11.8 Å². The summed E-state index contributed by atoms with van der Waals surface area (Å²) in [7, 11) is 0. The largest absolute Gasteiger partial charge is 0.298 e. The van der Waals surface area contributed by atoms with Crippen LogP contribution in [-0.2, 0) is 4.79 Å². The molecule has 0 saturated heterocycles. The van der Waals surface area contributed by atoms with Crippen LogP contribution in [0.2, 0.25) is 0 Å². The number of carbonyl (C=O) groups excluding carboxylic acids is 1. The van der Waals surface area contributed by atoms with E-state index in [1.807, 2.05) is 56.3 Å². The number of thioether (sulfide) groups is 1. The predicted octanol–water partition coefficient (Wildman–Crippen LogP) is 4.61. The quantitative estimate of drug-likeness (QED) is 0.625. The first kappa shape index (κ1) is 18.0. The zero-order valence-corrected chi connectivity index (χ0v) is 16.4. The van der Waals surface area contributed by atoms with Crippen molar-refractivity contribution in [2.45, 2.75) is 49.9 Å². The van der Waals surface area contributed by atoms with Crippen molar-refractivity contribution in [1.29, 1.82) is 0 Å². The first-order valence-electron chi connectivity index (χ1n) is 9.34. The van der Waals surface area contributed by atoms with Crippen molar-refractivity contribution < 1.29 is 4.79 Å². The number of ketones is 1. The van der Waals surface area contributed by atoms with Crippen LogP contribution in [-0.4, -0.2) is 20.6 Å². The average Bonchev–Trinajstić information content (AvgIpc) is 2.66. The summed E-state index contributed by atoms with van der Waals surface area (Å²) in [5.74, 6) is 0.265. The topological polar surface area (TPSA) is 52.0 Å². The Morgan fingerprint density at radius 2 is 1.74 bits per heavy atom. The third-order valence-electron chi connectivity index (χ3n) is 5.15. The van der Waals surface area contributed by atoms with Crippen molar-refractivity contribution in [2.75, 3.05) is 0 Å². The molecule has 4 rings (SSSR count). The number of benzene rings is 2. The van der Waals surface area contributed by atoms with E-state index in [4.69, 9.17) is 4.98 Å². The number of aryl methyl sites for hydroxylation is 2. The third kappa shape index (κ3) is 3.32. The molecule has 1 aromatic heterocycles. The van der Waals surface area contributed by atoms with Gasteiger partial charge in [-0.2, -0.15) is 0 Å². The fourth-order valence-electron chi connectivity index (χ4n) is 3.75. The maximum Gasteiger partial charge on any atom is 0.266 e. The second-order valence-electron chi connectivity index (χ2n) is 7.11. The van der Waals surface area contributed by atoms with Crippen LogP contribution in [0.25, 0.3) is 16.6 Å². The lowest BCUT2D eigenvalue weighted by Crippen LogP contribution is -2.27. The molecule has 1 saturated carbocycles. The summed E-state index contributed by atoms with van der Waals surface area (Å²) in [6, 6.07) is 13.4. The zero-order valence-electron chi connectivity index (χ0n) is 15.6. The van der Waals surface area contributed by atoms with Crippen molar-refractivity contribution in [3.63, 3.8) is 0 Å². The predicted molar refractivity (Wildman–Crippen MR) is 110 cm³/mol. The van der Waals surface area contributed by atoms with Gasteiger partial charge in [0, 0.05) is 6.42 Å². The minimum Gasteiger partial charge on any atom is -0.298 e. The van der Waals surface area contributed by atoms with Crippen molar-refractivity contribution in [2.24, 2.45) is 0 Å². The lowest BCUT2D eigenvalue weighted by Gasteiger charge is -2.22. The van der Waals surface area contributed by atoms with Gasteiger partial charge in [-0.05, 0) is 49.9 Å². The highest BCUT2D eigenvalue weighted by molar-refractivity contribution is 8.00. The molecule has 138 valence electrons. The molecule has 0 N–H and O–H groups in total. The lowest BCUT2D eigenvalue weighted by atomic mass is 9.99. The third-order valence-corrected chi connectivity index (χ3v) is 6.42. The molecule has 1 unspecified atom stereocenters. The second kappa shape index (κ2) is 7.31. The fourth-order valence-corrected chi connectivity index (χ4v) is 4.97. The second-order valence-corrected chi connectivity index (χ2v) is 8.28. The van der Waals surface area contributed by atoms with E-state index in [0.29, 0.717) is 22.5 Å². The number of Topliss-reactive ketones (excluding diaryl/α,β-unsaturated/α-hetero) is 1. The van der Waals surface area contributed by atoms with Crippen LogP contribution >= 0.6 is 11.8 Å². The molecule has 5 heteroatoms. The molecular formula is C22H22N2O2S. The maximum absolute atomic E-state index is 13.4. The van der Waals surface area contributed by atoms with E-state index in [-0.39, 0.29) is 16.6 Å². The van der Waals surface area contributed by atoms with E-state index in [9.17, 15) is 9.59 Å². The summed E-state index contributed by atoms with van der Waals surface area (Å²) in [4.78, 5) is 30.6. The minimum absolute atomic E-state index is 0.0799. The van der Waals surface area contributed by atoms with Crippen LogP contribution in [0, 0.1) is 13.8 Å². The number of para-hydroxylation sites is 2. The van der Waals surface area contributed by atoms with Gasteiger partial charge >= 0.3 is 0 Å². The molecule has 1 aliphatic rings. The Bertz CT molecular complexity index is 1070. The van der Waals surface area contributed by atoms with Crippen molar-refractivity contribution in [1.82, 2.24) is 9.55 Å². The highest BCUT2D eigenvalue weighted by Crippen LogP contribution is 2.33. The number of hydrogen-bond acceptors (Lipinski definition) is 4. The summed E-state index contributed by atoms with van der Waals surface area (Å²) in [5, 5.41) is 1.08. The molecular weight excluding hydrogens is 356 g/mol. The van der Waals surface area contributed by atoms with Crippen LogP contribution in [0.4, 0.5) is 0 Å². The molecule has 1 fully saturated rings. The smallest absolute Gasteiger partial charge is 0.266 e. The van der Waals surface area contributed by atoms with Crippen LogP contribution in [0.15, 0.2) is 52.4 Å². The standard InChI is InChI=1S/C22H22N2O2S/c1-14-8-7-9-15(2)20(14)24-21(26)16-10-3-4-11-17(16)23-22(24)27-19-13-6-5-12-18(19)25/h3-4,7-11,19H,5-6,12-13H2,1-2H3. The van der Waals surface area contributed by atoms with Crippen molar-refractivity contribution in [3.8, 4) is 5.69 Å². The molecule has 0 bridgehead atoms. The molecule has 2 aromatic carbocycles. The summed E-state index contributed by atoms with van der Waals surface area (Å²) in [5.41, 5.74) is 3.50. The van der Waals surface area contributed by atoms with Crippen LogP contribution in [0.1, 0.15) is 36.8 Å². The van der Waals surface area contributed by atoms with Gasteiger partial charge in [0.15, 0.2) is 5.16 Å². The monoisotopic (exact) mass is 378 g/mol. The number of hydrogen-bond donors (Lipinski definition) is 0. The van der Waals surface area contributed by atoms with E-state index in [0.717, 1.165) is 36.1 Å². The molecule has 3 aromatic rings. The van der Waals surface area contributed by atoms with Gasteiger partial charge in [0.25, 0.3) is 5.56 Å². The van der Waals surface area contributed by atoms with Gasteiger partial charge in [-0.1, -0.05) is 48.5 Å². The SMILES string of the molecule is Cc1cccc(C)c1-n1c(SC2CCCCC2=O)nc2ccccc2c1=O. The van der Waals surface area contributed by atoms with E-state index in [2.05, 4.69) is 0 Å². The van der Waals surface area contributed by atoms with Crippen molar-refractivity contribution in [3.05, 3.63) is 63.9 Å². The Labute approximate surface area is 162 Å². The highest BCUT2D eigenvalue weighted by Gasteiger charge is 2.26. The van der Waals surface area contributed by atoms with Crippen LogP contribution in [0.5, 0.6) is 0 Å². The molecule has 1 heterocycles. The van der Waals surface area contributed by atoms with Gasteiger partial charge in [-0.25, -0.2) is 4.98 Å². The van der Waals surface area contributed by atoms with Crippen molar-refractivity contribution >= 4 is 28.4 Å². The first-order chi connectivity index (χ1) is 13.1. The molecule has 0 spiro atoms. The minimum atomic E-state index is -0.123. The molecule has 1 atom stereocenters. The highest BCUT2D eigenvalue weighted by atomic mass is 32.2. The van der Waals surface area contributed by atoms with Gasteiger partial charge in [0.05, 0.1) is 21.8 Å². The van der Waals surface area contributed by atoms with E-state index >= 15 is 0 Å². The number of fused-ring (bicyclic) bond motifs is 1. The summed E-state index contributed by atoms with van der Waals surface area (Å²) >= 11 is 1.44. The maximum atomic E-state index is 13.4. The Morgan fingerprint density at radius 3 is 2.48 bits per heavy atom. The number of nitrogens with zero attached hydrogens (tertiary/aromatic N) is 2. The summed E-state index contributed by atoms with van der Waals surface area (Å²) in [6.07, 6.45) is 3.48. The summed E-state index contributed by atoms with van der Waals surface area (Å²) < 4.78 is 1.71. The van der Waals surface area contributed by atoms with Gasteiger partial charge in [-0.15, -0.1) is 0 Å². The van der Waals surface area contributed by atoms with E-state index in [1.54, 1.807) is 4.57 Å². The zero-order chi connectivity index (χ0) is 19.0. The van der Waals surface area contributed by atoms with Gasteiger partial charge in [0.1, 0.15) is 5.78 Å². The van der Waals surface area contributed by atoms with E-state index < -0.39 is 0 Å². The first-order valence-corrected chi connectivity index (χ1v) is 10.2. The normalized spacial score (nSPS) is 17.4. The summed E-state index contributed by atoms with van der Waals surface area (Å²) in [6.45, 7) is 4.01. The molecule has 4 nitrogen and oxygen atoms in total. The van der Waals surface area contributed by atoms with Gasteiger partial charge in [0.2, 0.25) is 0 Å². The Morgan fingerprint density at radius 1 is 1.00 bits per heavy atom. The van der Waals surface area contributed by atoms with Gasteiger partial charge < -0.3 is 0 Å². The molecule has 0 amide bonds. The number of rotatable bonds is 3. The molecule has 0 radical (unpaired) electrons. The molecule has 0 aliphatic heterocycles. The fraction of sp³-hybridized carbons (Fsp3) is 0.318. The Hall–Kier alpha value is -2.40. The number of carbonyl (C=O) groups is 1.